The van der Waals surface area contributed by atoms with E-state index in [0.717, 1.165) is 5.03 Å². The van der Waals surface area contributed by atoms with Gasteiger partial charge in [-0.1, -0.05) is 11.6 Å². The first-order valence-electron chi connectivity index (χ1n) is 4.38. The Balaban J connectivity index is 2.36. The molecular formula is C10H11ClN2S. The molecule has 74 valence electrons. The molecule has 2 heterocycles. The van der Waals surface area contributed by atoms with Crippen LogP contribution in [0.2, 0.25) is 0 Å². The summed E-state index contributed by atoms with van der Waals surface area (Å²) in [7, 11) is 0. The fraction of sp³-hybridized carbons (Fsp3) is 0.300. The second-order valence-corrected chi connectivity index (χ2v) is 5.16. The van der Waals surface area contributed by atoms with Crippen molar-refractivity contribution in [2.75, 3.05) is 0 Å². The summed E-state index contributed by atoms with van der Waals surface area (Å²) >= 11 is 7.88. The van der Waals surface area contributed by atoms with E-state index in [-0.39, 0.29) is 6.04 Å². The van der Waals surface area contributed by atoms with Gasteiger partial charge < -0.3 is 5.32 Å². The van der Waals surface area contributed by atoms with Gasteiger partial charge in [-0.25, -0.2) is 4.99 Å². The molecule has 0 fully saturated rings. The third-order valence-electron chi connectivity index (χ3n) is 2.18. The minimum absolute atomic E-state index is 0.0825. The molecule has 1 aliphatic heterocycles. The highest BCUT2D eigenvalue weighted by molar-refractivity contribution is 7.12. The number of hydrogen-bond acceptors (Lipinski definition) is 3. The molecule has 1 aromatic heterocycles. The Morgan fingerprint density at radius 1 is 1.50 bits per heavy atom. The van der Waals surface area contributed by atoms with E-state index >= 15 is 0 Å². The first kappa shape index (κ1) is 9.74. The third-order valence-corrected chi connectivity index (χ3v) is 3.48. The largest absolute Gasteiger partial charge is 0.364 e. The molecule has 4 heteroatoms. The monoisotopic (exact) mass is 226 g/mol. The summed E-state index contributed by atoms with van der Waals surface area (Å²) in [5.74, 6) is 0. The molecule has 0 saturated carbocycles. The van der Waals surface area contributed by atoms with Gasteiger partial charge in [0, 0.05) is 16.0 Å². The lowest BCUT2D eigenvalue weighted by atomic mass is 10.1. The van der Waals surface area contributed by atoms with Crippen LogP contribution in [0.15, 0.2) is 22.3 Å². The van der Waals surface area contributed by atoms with Crippen molar-refractivity contribution in [2.45, 2.75) is 19.9 Å². The Hall–Kier alpha value is -0.800. The first-order chi connectivity index (χ1) is 6.68. The van der Waals surface area contributed by atoms with Crippen molar-refractivity contribution in [2.24, 2.45) is 4.99 Å². The summed E-state index contributed by atoms with van der Waals surface area (Å²) in [6.07, 6.45) is 3.37. The lowest BCUT2D eigenvalue weighted by Crippen LogP contribution is -2.22. The minimum Gasteiger partial charge on any atom is -0.364 e. The molecule has 0 spiro atoms. The summed E-state index contributed by atoms with van der Waals surface area (Å²) in [5.41, 5.74) is 1.25. The Morgan fingerprint density at radius 2 is 2.29 bits per heavy atom. The maximum absolute atomic E-state index is 6.09. The second kappa shape index (κ2) is 3.75. The fourth-order valence-corrected chi connectivity index (χ4v) is 2.76. The fourth-order valence-electron chi connectivity index (χ4n) is 1.56. The number of hydrogen-bond donors (Lipinski definition) is 1. The van der Waals surface area contributed by atoms with Crippen LogP contribution in [0.25, 0.3) is 0 Å². The van der Waals surface area contributed by atoms with Gasteiger partial charge in [0.05, 0.1) is 17.4 Å². The lowest BCUT2D eigenvalue weighted by Gasteiger charge is -2.18. The molecule has 1 aromatic rings. The molecular weight excluding hydrogens is 216 g/mol. The summed E-state index contributed by atoms with van der Waals surface area (Å²) in [5, 5.41) is 3.90. The predicted octanol–water partition coefficient (Wildman–Crippen LogP) is 3.12. The van der Waals surface area contributed by atoms with Crippen LogP contribution in [-0.2, 0) is 0 Å². The molecule has 1 unspecified atom stereocenters. The molecule has 0 aromatic carbocycles. The van der Waals surface area contributed by atoms with Crippen LogP contribution in [0.4, 0.5) is 0 Å². The molecule has 1 N–H and O–H groups in total. The van der Waals surface area contributed by atoms with E-state index in [1.165, 1.54) is 15.3 Å². The van der Waals surface area contributed by atoms with Crippen LogP contribution in [0.5, 0.6) is 0 Å². The molecule has 0 radical (unpaired) electrons. The summed E-state index contributed by atoms with van der Waals surface area (Å²) < 4.78 is 0. The van der Waals surface area contributed by atoms with Crippen molar-refractivity contribution < 1.29 is 0 Å². The minimum atomic E-state index is 0.0825. The third kappa shape index (κ3) is 1.70. The van der Waals surface area contributed by atoms with E-state index in [0.29, 0.717) is 0 Å². The standard InChI is InChI=1S/C10H11ClN2S/c1-6-3-8(7(2)14-6)10-9(11)4-12-5-13-10/h3-5,10H,1-2H3,(H,12,13). The second-order valence-electron chi connectivity index (χ2n) is 3.26. The van der Waals surface area contributed by atoms with Gasteiger partial charge in [0.15, 0.2) is 0 Å². The van der Waals surface area contributed by atoms with E-state index < -0.39 is 0 Å². The molecule has 1 atom stereocenters. The number of nitrogens with one attached hydrogen (secondary N) is 1. The maximum atomic E-state index is 6.09. The van der Waals surface area contributed by atoms with Gasteiger partial charge in [-0.15, -0.1) is 11.3 Å². The summed E-state index contributed by atoms with van der Waals surface area (Å²) in [6.45, 7) is 4.22. The van der Waals surface area contributed by atoms with Crippen LogP contribution in [0.1, 0.15) is 21.4 Å². The number of aryl methyl sites for hydroxylation is 2. The van der Waals surface area contributed by atoms with Crippen LogP contribution < -0.4 is 5.32 Å². The quantitative estimate of drug-likeness (QED) is 0.782. The highest BCUT2D eigenvalue weighted by Gasteiger charge is 2.19. The molecule has 2 nitrogen and oxygen atoms in total. The molecule has 1 aliphatic rings. The van der Waals surface area contributed by atoms with Gasteiger partial charge in [0.2, 0.25) is 0 Å². The van der Waals surface area contributed by atoms with E-state index in [1.54, 1.807) is 23.9 Å². The lowest BCUT2D eigenvalue weighted by molar-refractivity contribution is 0.773. The SMILES string of the molecule is Cc1cc(C2NC=NC=C2Cl)c(C)s1. The van der Waals surface area contributed by atoms with Crippen LogP contribution in [0.3, 0.4) is 0 Å². The zero-order chi connectivity index (χ0) is 10.1. The summed E-state index contributed by atoms with van der Waals surface area (Å²) in [4.78, 5) is 6.56. The zero-order valence-electron chi connectivity index (χ0n) is 8.04. The van der Waals surface area contributed by atoms with E-state index in [9.17, 15) is 0 Å². The predicted molar refractivity (Wildman–Crippen MR) is 62.1 cm³/mol. The topological polar surface area (TPSA) is 24.4 Å². The van der Waals surface area contributed by atoms with Crippen molar-refractivity contribution in [3.63, 3.8) is 0 Å². The van der Waals surface area contributed by atoms with Crippen molar-refractivity contribution in [3.05, 3.63) is 32.6 Å². The molecule has 0 amide bonds. The molecule has 2 rings (SSSR count). The average molecular weight is 227 g/mol. The van der Waals surface area contributed by atoms with Crippen LogP contribution in [-0.4, -0.2) is 6.34 Å². The number of rotatable bonds is 1. The Morgan fingerprint density at radius 3 is 2.86 bits per heavy atom. The average Bonchev–Trinajstić information content (AvgIpc) is 2.46. The summed E-state index contributed by atoms with van der Waals surface area (Å²) in [6, 6.07) is 2.26. The van der Waals surface area contributed by atoms with Crippen molar-refractivity contribution in [3.8, 4) is 0 Å². The first-order valence-corrected chi connectivity index (χ1v) is 5.58. The molecule has 0 bridgehead atoms. The number of thiophene rings is 1. The van der Waals surface area contributed by atoms with Gasteiger partial charge in [0.25, 0.3) is 0 Å². The van der Waals surface area contributed by atoms with Crippen molar-refractivity contribution in [1.82, 2.24) is 5.32 Å². The molecule has 14 heavy (non-hydrogen) atoms. The van der Waals surface area contributed by atoms with E-state index in [2.05, 4.69) is 30.2 Å². The Bertz CT molecular complexity index is 406. The number of nitrogens with zero attached hydrogens (tertiary/aromatic N) is 1. The van der Waals surface area contributed by atoms with Gasteiger partial charge in [-0.05, 0) is 25.5 Å². The van der Waals surface area contributed by atoms with E-state index in [4.69, 9.17) is 11.6 Å². The van der Waals surface area contributed by atoms with Crippen molar-refractivity contribution >= 4 is 29.3 Å². The highest BCUT2D eigenvalue weighted by atomic mass is 35.5. The normalized spacial score (nSPS) is 20.5. The highest BCUT2D eigenvalue weighted by Crippen LogP contribution is 2.32. The zero-order valence-corrected chi connectivity index (χ0v) is 9.62. The van der Waals surface area contributed by atoms with Crippen LogP contribution in [0, 0.1) is 13.8 Å². The molecule has 0 aliphatic carbocycles. The molecule has 0 saturated heterocycles. The maximum Gasteiger partial charge on any atom is 0.0908 e. The van der Waals surface area contributed by atoms with Crippen molar-refractivity contribution in [1.29, 1.82) is 0 Å². The van der Waals surface area contributed by atoms with Gasteiger partial charge in [-0.3, -0.25) is 0 Å². The Kier molecular flexibility index (Phi) is 2.61. The van der Waals surface area contributed by atoms with Gasteiger partial charge >= 0.3 is 0 Å². The Labute approximate surface area is 92.3 Å². The van der Waals surface area contributed by atoms with Gasteiger partial charge in [0.1, 0.15) is 0 Å². The number of halogens is 1. The van der Waals surface area contributed by atoms with E-state index in [1.807, 2.05) is 0 Å². The van der Waals surface area contributed by atoms with Gasteiger partial charge in [-0.2, -0.15) is 0 Å². The number of aliphatic imine (C=N–C) groups is 1. The van der Waals surface area contributed by atoms with Crippen LogP contribution >= 0.6 is 22.9 Å². The smallest absolute Gasteiger partial charge is 0.0908 e.